The van der Waals surface area contributed by atoms with Crippen LogP contribution in [0.1, 0.15) is 55.9 Å². The van der Waals surface area contributed by atoms with Gasteiger partial charge in [-0.1, -0.05) is 0 Å². The largest absolute Gasteiger partial charge is 0.508 e. The third-order valence-corrected chi connectivity index (χ3v) is 5.06. The van der Waals surface area contributed by atoms with Gasteiger partial charge in [-0.2, -0.15) is 0 Å². The van der Waals surface area contributed by atoms with Gasteiger partial charge in [-0.3, -0.25) is 4.79 Å². The topological polar surface area (TPSA) is 91.3 Å². The number of rotatable bonds is 5. The van der Waals surface area contributed by atoms with E-state index in [9.17, 15) is 14.7 Å². The number of hydrogen-bond donors (Lipinski definition) is 1. The SMILES string of the molecule is COC(=O)CC(B1OC(C)(C)C(C)(C)O1)c1cc(C(=O)OC)ccc1O. The summed E-state index contributed by atoms with van der Waals surface area (Å²) in [6.45, 7) is 7.58. The Morgan fingerprint density at radius 2 is 1.69 bits per heavy atom. The molecule has 0 bridgehead atoms. The van der Waals surface area contributed by atoms with Crippen LogP contribution in [-0.4, -0.2) is 49.6 Å². The number of hydrogen-bond acceptors (Lipinski definition) is 7. The van der Waals surface area contributed by atoms with E-state index in [1.165, 1.54) is 32.4 Å². The second kappa shape index (κ2) is 7.29. The molecule has 1 unspecified atom stereocenters. The fourth-order valence-corrected chi connectivity index (χ4v) is 2.76. The number of aromatic hydroxyl groups is 1. The quantitative estimate of drug-likeness (QED) is 0.634. The normalized spacial score (nSPS) is 19.1. The van der Waals surface area contributed by atoms with Crippen molar-refractivity contribution in [3.05, 3.63) is 29.3 Å². The van der Waals surface area contributed by atoms with E-state index in [0.29, 0.717) is 5.56 Å². The van der Waals surface area contributed by atoms with Crippen molar-refractivity contribution in [1.29, 1.82) is 0 Å². The number of ether oxygens (including phenoxy) is 2. The molecule has 8 heteroatoms. The molecule has 1 aromatic carbocycles. The molecule has 1 fully saturated rings. The first-order valence-electron chi connectivity index (χ1n) is 8.36. The van der Waals surface area contributed by atoms with Crippen molar-refractivity contribution < 1.29 is 33.5 Å². The van der Waals surface area contributed by atoms with Crippen LogP contribution in [0.5, 0.6) is 5.75 Å². The fourth-order valence-electron chi connectivity index (χ4n) is 2.76. The first-order valence-corrected chi connectivity index (χ1v) is 8.36. The van der Waals surface area contributed by atoms with Crippen LogP contribution < -0.4 is 0 Å². The summed E-state index contributed by atoms with van der Waals surface area (Å²) in [4.78, 5) is 23.8. The Hall–Kier alpha value is -2.06. The Morgan fingerprint density at radius 3 is 2.19 bits per heavy atom. The minimum Gasteiger partial charge on any atom is -0.508 e. The van der Waals surface area contributed by atoms with Crippen molar-refractivity contribution >= 4 is 19.1 Å². The molecule has 1 saturated heterocycles. The summed E-state index contributed by atoms with van der Waals surface area (Å²) in [6.07, 6.45) is -0.0779. The van der Waals surface area contributed by atoms with E-state index in [1.807, 2.05) is 27.7 Å². The van der Waals surface area contributed by atoms with Crippen LogP contribution in [0.3, 0.4) is 0 Å². The van der Waals surface area contributed by atoms with Crippen molar-refractivity contribution in [3.8, 4) is 5.75 Å². The van der Waals surface area contributed by atoms with Crippen LogP contribution in [0.15, 0.2) is 18.2 Å². The summed E-state index contributed by atoms with van der Waals surface area (Å²) in [5.74, 6) is -1.75. The summed E-state index contributed by atoms with van der Waals surface area (Å²) >= 11 is 0. The highest BCUT2D eigenvalue weighted by Gasteiger charge is 2.54. The van der Waals surface area contributed by atoms with Crippen molar-refractivity contribution in [2.75, 3.05) is 14.2 Å². The molecule has 0 aliphatic carbocycles. The lowest BCUT2D eigenvalue weighted by Crippen LogP contribution is -2.41. The number of phenols is 1. The van der Waals surface area contributed by atoms with E-state index in [2.05, 4.69) is 0 Å². The highest BCUT2D eigenvalue weighted by atomic mass is 16.7. The Kier molecular flexibility index (Phi) is 5.68. The maximum absolute atomic E-state index is 12.0. The molecule has 1 aliphatic rings. The zero-order chi connectivity index (χ0) is 19.7. The average molecular weight is 364 g/mol. The molecule has 26 heavy (non-hydrogen) atoms. The average Bonchev–Trinajstić information content (AvgIpc) is 2.80. The maximum atomic E-state index is 12.0. The van der Waals surface area contributed by atoms with Gasteiger partial charge in [0.05, 0.1) is 37.4 Å². The minimum atomic E-state index is -0.794. The smallest absolute Gasteiger partial charge is 0.466 e. The first kappa shape index (κ1) is 20.3. The Labute approximate surface area is 153 Å². The number of esters is 2. The predicted molar refractivity (Wildman–Crippen MR) is 94.9 cm³/mol. The van der Waals surface area contributed by atoms with Gasteiger partial charge in [0.2, 0.25) is 0 Å². The summed E-state index contributed by atoms with van der Waals surface area (Å²) in [7, 11) is 1.77. The van der Waals surface area contributed by atoms with E-state index < -0.39 is 36.1 Å². The molecule has 0 amide bonds. The fraction of sp³-hybridized carbons (Fsp3) is 0.556. The molecule has 2 rings (SSSR count). The molecule has 1 aliphatic heterocycles. The van der Waals surface area contributed by atoms with Gasteiger partial charge >= 0.3 is 19.1 Å². The van der Waals surface area contributed by atoms with Gasteiger partial charge in [-0.25, -0.2) is 4.79 Å². The van der Waals surface area contributed by atoms with Gasteiger partial charge in [0.25, 0.3) is 0 Å². The maximum Gasteiger partial charge on any atom is 0.466 e. The minimum absolute atomic E-state index is 0.0683. The Balaban J connectivity index is 2.46. The molecule has 1 heterocycles. The highest BCUT2D eigenvalue weighted by molar-refractivity contribution is 6.48. The zero-order valence-electron chi connectivity index (χ0n) is 16.0. The molecule has 0 saturated carbocycles. The van der Waals surface area contributed by atoms with E-state index in [-0.39, 0.29) is 17.7 Å². The standard InChI is InChI=1S/C18H25BO7/c1-17(2)18(3,4)26-19(25-17)13(10-15(21)23-5)12-9-11(16(22)24-6)7-8-14(12)20/h7-9,13,20H,10H2,1-6H3. The molecule has 1 atom stereocenters. The van der Waals surface area contributed by atoms with Crippen LogP contribution in [-0.2, 0) is 23.6 Å². The summed E-state index contributed by atoms with van der Waals surface area (Å²) in [6, 6.07) is 4.32. The third kappa shape index (κ3) is 3.86. The van der Waals surface area contributed by atoms with Crippen molar-refractivity contribution in [3.63, 3.8) is 0 Å². The number of carbonyl (C=O) groups excluding carboxylic acids is 2. The molecule has 0 spiro atoms. The lowest BCUT2D eigenvalue weighted by atomic mass is 9.65. The monoisotopic (exact) mass is 364 g/mol. The molecule has 7 nitrogen and oxygen atoms in total. The number of carbonyl (C=O) groups is 2. The predicted octanol–water partition coefficient (Wildman–Crippen LogP) is 2.46. The third-order valence-electron chi connectivity index (χ3n) is 5.06. The van der Waals surface area contributed by atoms with Crippen LogP contribution >= 0.6 is 0 Å². The summed E-state index contributed by atoms with van der Waals surface area (Å²) in [5.41, 5.74) is -0.605. The van der Waals surface area contributed by atoms with Gasteiger partial charge in [-0.15, -0.1) is 0 Å². The molecule has 1 aromatic rings. The Bertz CT molecular complexity index is 683. The zero-order valence-corrected chi connectivity index (χ0v) is 16.0. The van der Waals surface area contributed by atoms with E-state index >= 15 is 0 Å². The highest BCUT2D eigenvalue weighted by Crippen LogP contribution is 2.43. The van der Waals surface area contributed by atoms with Gasteiger partial charge < -0.3 is 23.9 Å². The van der Waals surface area contributed by atoms with Crippen LogP contribution in [0.25, 0.3) is 0 Å². The van der Waals surface area contributed by atoms with E-state index in [1.54, 1.807) is 0 Å². The molecule has 142 valence electrons. The van der Waals surface area contributed by atoms with Gasteiger partial charge in [0, 0.05) is 5.82 Å². The molecule has 0 aromatic heterocycles. The van der Waals surface area contributed by atoms with Crippen LogP contribution in [0, 0.1) is 0 Å². The number of benzene rings is 1. The second-order valence-electron chi connectivity index (χ2n) is 7.28. The van der Waals surface area contributed by atoms with Crippen molar-refractivity contribution in [2.45, 2.75) is 51.1 Å². The van der Waals surface area contributed by atoms with Crippen molar-refractivity contribution in [1.82, 2.24) is 0 Å². The molecule has 0 radical (unpaired) electrons. The van der Waals surface area contributed by atoms with E-state index in [4.69, 9.17) is 18.8 Å². The lowest BCUT2D eigenvalue weighted by Gasteiger charge is -2.32. The number of methoxy groups -OCH3 is 2. The number of phenolic OH excluding ortho intramolecular Hbond substituents is 1. The molecular formula is C18H25BO7. The van der Waals surface area contributed by atoms with Crippen molar-refractivity contribution in [2.24, 2.45) is 0 Å². The summed E-state index contributed by atoms with van der Waals surface area (Å²) in [5, 5.41) is 10.4. The van der Waals surface area contributed by atoms with Crippen LogP contribution in [0.4, 0.5) is 0 Å². The van der Waals surface area contributed by atoms with Gasteiger partial charge in [0.1, 0.15) is 5.75 Å². The summed E-state index contributed by atoms with van der Waals surface area (Å²) < 4.78 is 21.6. The lowest BCUT2D eigenvalue weighted by molar-refractivity contribution is -0.140. The molecular weight excluding hydrogens is 339 g/mol. The van der Waals surface area contributed by atoms with Gasteiger partial charge in [0.15, 0.2) is 0 Å². The Morgan fingerprint density at radius 1 is 1.12 bits per heavy atom. The second-order valence-corrected chi connectivity index (χ2v) is 7.28. The van der Waals surface area contributed by atoms with Gasteiger partial charge in [-0.05, 0) is 51.5 Å². The molecule has 1 N–H and O–H groups in total. The van der Waals surface area contributed by atoms with E-state index in [0.717, 1.165) is 0 Å². The first-order chi connectivity index (χ1) is 12.0. The van der Waals surface area contributed by atoms with Crippen LogP contribution in [0.2, 0.25) is 0 Å².